The van der Waals surface area contributed by atoms with Crippen LogP contribution >= 0.6 is 0 Å². The number of H-pyrrole nitrogens is 1. The number of aromatic amines is 1. The van der Waals surface area contributed by atoms with E-state index >= 15 is 0 Å². The van der Waals surface area contributed by atoms with E-state index in [0.717, 1.165) is 16.9 Å². The summed E-state index contributed by atoms with van der Waals surface area (Å²) in [4.78, 5) is 8.30. The molecule has 2 aromatic carbocycles. The number of nitrogens with one attached hydrogen (secondary N) is 1. The number of fused-ring (bicyclic) bond motifs is 1. The second-order valence-electron chi connectivity index (χ2n) is 5.84. The Balaban J connectivity index is 2.28. The van der Waals surface area contributed by atoms with E-state index in [-0.39, 0.29) is 0 Å². The van der Waals surface area contributed by atoms with Gasteiger partial charge in [0, 0.05) is 5.56 Å². The van der Waals surface area contributed by atoms with E-state index in [4.69, 9.17) is 4.98 Å². The molecule has 2 heteroatoms. The summed E-state index contributed by atoms with van der Waals surface area (Å²) in [7, 11) is 0. The first-order chi connectivity index (χ1) is 9.45. The average molecular weight is 264 g/mol. The van der Waals surface area contributed by atoms with E-state index in [1.54, 1.807) is 0 Å². The quantitative estimate of drug-likeness (QED) is 0.673. The van der Waals surface area contributed by atoms with E-state index in [1.807, 2.05) is 0 Å². The van der Waals surface area contributed by atoms with Gasteiger partial charge in [0.2, 0.25) is 0 Å². The highest BCUT2D eigenvalue weighted by atomic mass is 14.9. The van der Waals surface area contributed by atoms with Crippen LogP contribution in [0.4, 0.5) is 0 Å². The van der Waals surface area contributed by atoms with E-state index in [0.29, 0.717) is 0 Å². The molecule has 1 heterocycles. The molecule has 0 spiro atoms. The van der Waals surface area contributed by atoms with Gasteiger partial charge in [-0.2, -0.15) is 0 Å². The van der Waals surface area contributed by atoms with Crippen LogP contribution in [-0.4, -0.2) is 9.97 Å². The molecule has 0 atom stereocenters. The van der Waals surface area contributed by atoms with Crippen molar-refractivity contribution in [3.05, 3.63) is 52.1 Å². The van der Waals surface area contributed by atoms with Crippen LogP contribution in [0.5, 0.6) is 0 Å². The normalized spacial score (nSPS) is 11.2. The summed E-state index contributed by atoms with van der Waals surface area (Å²) in [5.41, 5.74) is 9.76. The van der Waals surface area contributed by atoms with Gasteiger partial charge < -0.3 is 4.98 Å². The SMILES string of the molecule is Cc1cc(C)c(-c2nc3c(C)cc(C)cc3[nH]2)c(C)c1. The number of benzene rings is 2. The molecule has 0 unspecified atom stereocenters. The molecular weight excluding hydrogens is 244 g/mol. The van der Waals surface area contributed by atoms with Crippen molar-refractivity contribution in [3.63, 3.8) is 0 Å². The number of rotatable bonds is 1. The maximum absolute atomic E-state index is 4.82. The third kappa shape index (κ3) is 2.01. The minimum Gasteiger partial charge on any atom is -0.338 e. The van der Waals surface area contributed by atoms with Gasteiger partial charge in [-0.15, -0.1) is 0 Å². The monoisotopic (exact) mass is 264 g/mol. The molecule has 0 amide bonds. The molecule has 0 aliphatic heterocycles. The number of imidazole rings is 1. The minimum atomic E-state index is 0.976. The summed E-state index contributed by atoms with van der Waals surface area (Å²) >= 11 is 0. The molecule has 0 saturated carbocycles. The van der Waals surface area contributed by atoms with Gasteiger partial charge in [0.05, 0.1) is 11.0 Å². The van der Waals surface area contributed by atoms with Crippen LogP contribution in [0.15, 0.2) is 24.3 Å². The van der Waals surface area contributed by atoms with Crippen molar-refractivity contribution in [2.75, 3.05) is 0 Å². The number of hydrogen-bond donors (Lipinski definition) is 1. The Labute approximate surface area is 119 Å². The topological polar surface area (TPSA) is 28.7 Å². The highest BCUT2D eigenvalue weighted by Gasteiger charge is 2.12. The Morgan fingerprint density at radius 2 is 1.30 bits per heavy atom. The Bertz CT molecular complexity index is 787. The van der Waals surface area contributed by atoms with Crippen LogP contribution in [0, 0.1) is 34.6 Å². The van der Waals surface area contributed by atoms with Crippen molar-refractivity contribution in [2.45, 2.75) is 34.6 Å². The molecule has 3 rings (SSSR count). The number of aromatic nitrogens is 2. The van der Waals surface area contributed by atoms with Crippen molar-refractivity contribution in [1.29, 1.82) is 0 Å². The number of nitrogens with zero attached hydrogens (tertiary/aromatic N) is 1. The van der Waals surface area contributed by atoms with Crippen molar-refractivity contribution in [2.24, 2.45) is 0 Å². The summed E-state index contributed by atoms with van der Waals surface area (Å²) < 4.78 is 0. The first-order valence-corrected chi connectivity index (χ1v) is 7.01. The fourth-order valence-electron chi connectivity index (χ4n) is 3.14. The first-order valence-electron chi connectivity index (χ1n) is 7.01. The smallest absolute Gasteiger partial charge is 0.139 e. The molecule has 1 N–H and O–H groups in total. The first kappa shape index (κ1) is 12.9. The van der Waals surface area contributed by atoms with Crippen LogP contribution in [0.2, 0.25) is 0 Å². The predicted octanol–water partition coefficient (Wildman–Crippen LogP) is 4.77. The van der Waals surface area contributed by atoms with E-state index in [1.165, 1.54) is 33.4 Å². The molecule has 3 aromatic rings. The summed E-state index contributed by atoms with van der Waals surface area (Å²) in [5.74, 6) is 0.976. The van der Waals surface area contributed by atoms with Crippen molar-refractivity contribution in [1.82, 2.24) is 9.97 Å². The molecule has 0 aliphatic carbocycles. The zero-order valence-corrected chi connectivity index (χ0v) is 12.8. The lowest BCUT2D eigenvalue weighted by molar-refractivity contribution is 1.25. The molecule has 102 valence electrons. The van der Waals surface area contributed by atoms with Gasteiger partial charge >= 0.3 is 0 Å². The zero-order valence-electron chi connectivity index (χ0n) is 12.8. The third-order valence-electron chi connectivity index (χ3n) is 3.84. The van der Waals surface area contributed by atoms with E-state index < -0.39 is 0 Å². The van der Waals surface area contributed by atoms with E-state index in [9.17, 15) is 0 Å². The Morgan fingerprint density at radius 3 is 1.95 bits per heavy atom. The second kappa shape index (κ2) is 4.48. The second-order valence-corrected chi connectivity index (χ2v) is 5.84. The fraction of sp³-hybridized carbons (Fsp3) is 0.278. The number of hydrogen-bond acceptors (Lipinski definition) is 1. The van der Waals surface area contributed by atoms with Crippen molar-refractivity contribution in [3.8, 4) is 11.4 Å². The Kier molecular flexibility index (Phi) is 2.89. The van der Waals surface area contributed by atoms with Crippen LogP contribution < -0.4 is 0 Å². The lowest BCUT2D eigenvalue weighted by Gasteiger charge is -2.08. The van der Waals surface area contributed by atoms with Gasteiger partial charge in [-0.25, -0.2) is 4.98 Å². The Hall–Kier alpha value is -2.09. The summed E-state index contributed by atoms with van der Waals surface area (Å²) in [6.45, 7) is 10.7. The van der Waals surface area contributed by atoms with Crippen LogP contribution in [-0.2, 0) is 0 Å². The highest BCUT2D eigenvalue weighted by molar-refractivity contribution is 5.84. The molecule has 0 fully saturated rings. The fourth-order valence-corrected chi connectivity index (χ4v) is 3.14. The van der Waals surface area contributed by atoms with Crippen LogP contribution in [0.1, 0.15) is 27.8 Å². The largest absolute Gasteiger partial charge is 0.338 e. The van der Waals surface area contributed by atoms with Gasteiger partial charge in [0.15, 0.2) is 0 Å². The molecule has 0 radical (unpaired) electrons. The summed E-state index contributed by atoms with van der Waals surface area (Å²) in [6.07, 6.45) is 0. The van der Waals surface area contributed by atoms with Gasteiger partial charge in [0.25, 0.3) is 0 Å². The summed E-state index contributed by atoms with van der Waals surface area (Å²) in [5, 5.41) is 0. The van der Waals surface area contributed by atoms with Crippen LogP contribution in [0.3, 0.4) is 0 Å². The Morgan fingerprint density at radius 1 is 0.750 bits per heavy atom. The van der Waals surface area contributed by atoms with Gasteiger partial charge in [0.1, 0.15) is 5.82 Å². The summed E-state index contributed by atoms with van der Waals surface area (Å²) in [6, 6.07) is 8.78. The molecule has 2 nitrogen and oxygen atoms in total. The molecule has 20 heavy (non-hydrogen) atoms. The minimum absolute atomic E-state index is 0.976. The average Bonchev–Trinajstić information content (AvgIpc) is 2.71. The molecule has 1 aromatic heterocycles. The maximum atomic E-state index is 4.82. The zero-order chi connectivity index (χ0) is 14.4. The van der Waals surface area contributed by atoms with E-state index in [2.05, 4.69) is 63.9 Å². The van der Waals surface area contributed by atoms with Gasteiger partial charge in [-0.05, 0) is 62.9 Å². The van der Waals surface area contributed by atoms with Gasteiger partial charge in [-0.1, -0.05) is 23.8 Å². The molecular formula is C18H20N2. The maximum Gasteiger partial charge on any atom is 0.139 e. The molecule has 0 bridgehead atoms. The predicted molar refractivity (Wildman–Crippen MR) is 85.2 cm³/mol. The van der Waals surface area contributed by atoms with Crippen LogP contribution in [0.25, 0.3) is 22.4 Å². The lowest BCUT2D eigenvalue weighted by atomic mass is 9.99. The van der Waals surface area contributed by atoms with Crippen molar-refractivity contribution >= 4 is 11.0 Å². The van der Waals surface area contributed by atoms with Gasteiger partial charge in [-0.3, -0.25) is 0 Å². The molecule has 0 saturated heterocycles. The third-order valence-corrected chi connectivity index (χ3v) is 3.84. The van der Waals surface area contributed by atoms with Crippen molar-refractivity contribution < 1.29 is 0 Å². The highest BCUT2D eigenvalue weighted by Crippen LogP contribution is 2.29. The standard InChI is InChI=1S/C18H20N2/c1-10-6-12(3)16(13(4)7-10)18-19-15-9-11(2)8-14(5)17(15)20-18/h6-9H,1-5H3,(H,19,20). The number of aryl methyl sites for hydroxylation is 5. The molecule has 0 aliphatic rings. The lowest BCUT2D eigenvalue weighted by Crippen LogP contribution is -1.91.